The SMILES string of the molecule is Cc1cc(-c2cccc(OC(F)(F)F)c2)ncc1N. The first-order chi connectivity index (χ1) is 8.85. The number of hydrogen-bond acceptors (Lipinski definition) is 3. The van der Waals surface area contributed by atoms with Crippen LogP contribution in [0.2, 0.25) is 0 Å². The number of benzene rings is 1. The highest BCUT2D eigenvalue weighted by atomic mass is 19.4. The van der Waals surface area contributed by atoms with Crippen LogP contribution < -0.4 is 10.5 Å². The van der Waals surface area contributed by atoms with E-state index in [0.29, 0.717) is 16.9 Å². The first-order valence-electron chi connectivity index (χ1n) is 5.43. The molecule has 0 aliphatic rings. The molecule has 2 rings (SSSR count). The van der Waals surface area contributed by atoms with Crippen LogP contribution in [0.25, 0.3) is 11.3 Å². The Morgan fingerprint density at radius 1 is 1.21 bits per heavy atom. The van der Waals surface area contributed by atoms with Gasteiger partial charge in [0, 0.05) is 5.56 Å². The third-order valence-corrected chi connectivity index (χ3v) is 2.51. The number of nitrogen functional groups attached to an aromatic ring is 1. The zero-order valence-corrected chi connectivity index (χ0v) is 10.0. The topological polar surface area (TPSA) is 48.1 Å². The van der Waals surface area contributed by atoms with E-state index >= 15 is 0 Å². The van der Waals surface area contributed by atoms with Crippen molar-refractivity contribution in [3.05, 3.63) is 42.1 Å². The van der Waals surface area contributed by atoms with E-state index in [1.54, 1.807) is 19.1 Å². The number of anilines is 1. The zero-order valence-electron chi connectivity index (χ0n) is 10.0. The van der Waals surface area contributed by atoms with Crippen LogP contribution in [0.15, 0.2) is 36.5 Å². The Hall–Kier alpha value is -2.24. The Morgan fingerprint density at radius 3 is 2.58 bits per heavy atom. The molecule has 0 saturated heterocycles. The molecule has 0 fully saturated rings. The first-order valence-corrected chi connectivity index (χ1v) is 5.43. The van der Waals surface area contributed by atoms with Crippen LogP contribution in [0.3, 0.4) is 0 Å². The summed E-state index contributed by atoms with van der Waals surface area (Å²) in [6, 6.07) is 7.36. The van der Waals surface area contributed by atoms with Crippen molar-refractivity contribution < 1.29 is 17.9 Å². The fraction of sp³-hybridized carbons (Fsp3) is 0.154. The van der Waals surface area contributed by atoms with Gasteiger partial charge in [0.15, 0.2) is 0 Å². The lowest BCUT2D eigenvalue weighted by Gasteiger charge is -2.10. The fourth-order valence-electron chi connectivity index (χ4n) is 1.58. The van der Waals surface area contributed by atoms with Gasteiger partial charge in [-0.15, -0.1) is 13.2 Å². The van der Waals surface area contributed by atoms with Crippen LogP contribution in [0.5, 0.6) is 5.75 Å². The maximum absolute atomic E-state index is 12.1. The van der Waals surface area contributed by atoms with Crippen molar-refractivity contribution >= 4 is 5.69 Å². The molecule has 0 atom stereocenters. The van der Waals surface area contributed by atoms with Crippen LogP contribution in [0.1, 0.15) is 5.56 Å². The van der Waals surface area contributed by atoms with Gasteiger partial charge in [0.25, 0.3) is 0 Å². The van der Waals surface area contributed by atoms with Crippen molar-refractivity contribution in [3.8, 4) is 17.0 Å². The third-order valence-electron chi connectivity index (χ3n) is 2.51. The smallest absolute Gasteiger partial charge is 0.406 e. The number of aryl methyl sites for hydroxylation is 1. The van der Waals surface area contributed by atoms with Gasteiger partial charge in [-0.2, -0.15) is 0 Å². The van der Waals surface area contributed by atoms with Crippen molar-refractivity contribution in [2.75, 3.05) is 5.73 Å². The number of aromatic nitrogens is 1. The summed E-state index contributed by atoms with van der Waals surface area (Å²) in [6.45, 7) is 1.80. The number of alkyl halides is 3. The number of nitrogens with zero attached hydrogens (tertiary/aromatic N) is 1. The van der Waals surface area contributed by atoms with E-state index in [-0.39, 0.29) is 5.75 Å². The average molecular weight is 268 g/mol. The summed E-state index contributed by atoms with van der Waals surface area (Å²) in [5.74, 6) is -0.277. The number of halogens is 3. The van der Waals surface area contributed by atoms with Gasteiger partial charge in [-0.25, -0.2) is 0 Å². The molecule has 2 aromatic rings. The highest BCUT2D eigenvalue weighted by Gasteiger charge is 2.31. The van der Waals surface area contributed by atoms with Gasteiger partial charge in [0.1, 0.15) is 5.75 Å². The van der Waals surface area contributed by atoms with Crippen LogP contribution in [-0.4, -0.2) is 11.3 Å². The van der Waals surface area contributed by atoms with Gasteiger partial charge in [0.2, 0.25) is 0 Å². The minimum atomic E-state index is -4.71. The lowest BCUT2D eigenvalue weighted by Crippen LogP contribution is -2.17. The quantitative estimate of drug-likeness (QED) is 0.906. The molecule has 0 bridgehead atoms. The number of pyridine rings is 1. The summed E-state index contributed by atoms with van der Waals surface area (Å²) in [4.78, 5) is 4.09. The predicted molar refractivity (Wildman–Crippen MR) is 65.5 cm³/mol. The first kappa shape index (κ1) is 13.2. The van der Waals surface area contributed by atoms with Gasteiger partial charge < -0.3 is 10.5 Å². The zero-order chi connectivity index (χ0) is 14.0. The second-order valence-corrected chi connectivity index (χ2v) is 4.00. The number of rotatable bonds is 2. The minimum absolute atomic E-state index is 0.277. The van der Waals surface area contributed by atoms with E-state index in [2.05, 4.69) is 9.72 Å². The average Bonchev–Trinajstić information content (AvgIpc) is 2.31. The van der Waals surface area contributed by atoms with E-state index in [1.807, 2.05) is 0 Å². The summed E-state index contributed by atoms with van der Waals surface area (Å²) in [6.07, 6.45) is -3.23. The molecule has 100 valence electrons. The predicted octanol–water partition coefficient (Wildman–Crippen LogP) is 3.54. The molecule has 19 heavy (non-hydrogen) atoms. The third kappa shape index (κ3) is 3.37. The molecule has 1 heterocycles. The molecule has 1 aromatic heterocycles. The number of hydrogen-bond donors (Lipinski definition) is 1. The van der Waals surface area contributed by atoms with Gasteiger partial charge in [-0.3, -0.25) is 4.98 Å². The molecular weight excluding hydrogens is 257 g/mol. The molecule has 0 aliphatic heterocycles. The summed E-state index contributed by atoms with van der Waals surface area (Å²) < 4.78 is 40.3. The van der Waals surface area contributed by atoms with Crippen molar-refractivity contribution in [2.24, 2.45) is 0 Å². The maximum atomic E-state index is 12.1. The summed E-state index contributed by atoms with van der Waals surface area (Å²) in [7, 11) is 0. The molecular formula is C13H11F3N2O. The van der Waals surface area contributed by atoms with E-state index in [9.17, 15) is 13.2 Å². The largest absolute Gasteiger partial charge is 0.573 e. The van der Waals surface area contributed by atoms with E-state index in [4.69, 9.17) is 5.73 Å². The highest BCUT2D eigenvalue weighted by molar-refractivity contribution is 5.64. The molecule has 0 aliphatic carbocycles. The Morgan fingerprint density at radius 2 is 1.95 bits per heavy atom. The van der Waals surface area contributed by atoms with Crippen LogP contribution in [0, 0.1) is 6.92 Å². The van der Waals surface area contributed by atoms with Crippen LogP contribution in [-0.2, 0) is 0 Å². The molecule has 0 saturated carbocycles. The lowest BCUT2D eigenvalue weighted by atomic mass is 10.1. The Balaban J connectivity index is 2.35. The number of nitrogens with two attached hydrogens (primary N) is 1. The molecule has 0 radical (unpaired) electrons. The van der Waals surface area contributed by atoms with Crippen molar-refractivity contribution in [3.63, 3.8) is 0 Å². The maximum Gasteiger partial charge on any atom is 0.573 e. The summed E-state index contributed by atoms with van der Waals surface area (Å²) in [5, 5.41) is 0. The highest BCUT2D eigenvalue weighted by Crippen LogP contribution is 2.28. The summed E-state index contributed by atoms with van der Waals surface area (Å²) in [5.41, 5.74) is 8.06. The standard InChI is InChI=1S/C13H11F3N2O/c1-8-5-12(18-7-11(8)17)9-3-2-4-10(6-9)19-13(14,15)16/h2-7H,17H2,1H3. The van der Waals surface area contributed by atoms with Gasteiger partial charge in [-0.05, 0) is 30.7 Å². The minimum Gasteiger partial charge on any atom is -0.406 e. The van der Waals surface area contributed by atoms with Gasteiger partial charge in [-0.1, -0.05) is 12.1 Å². The fourth-order valence-corrected chi connectivity index (χ4v) is 1.58. The van der Waals surface area contributed by atoms with Crippen molar-refractivity contribution in [2.45, 2.75) is 13.3 Å². The molecule has 3 nitrogen and oxygen atoms in total. The molecule has 1 aromatic carbocycles. The van der Waals surface area contributed by atoms with Crippen molar-refractivity contribution in [1.82, 2.24) is 4.98 Å². The Bertz CT molecular complexity index is 597. The van der Waals surface area contributed by atoms with E-state index in [0.717, 1.165) is 5.56 Å². The monoisotopic (exact) mass is 268 g/mol. The van der Waals surface area contributed by atoms with Gasteiger partial charge in [0.05, 0.1) is 17.6 Å². The molecule has 0 unspecified atom stereocenters. The van der Waals surface area contributed by atoms with Crippen molar-refractivity contribution in [1.29, 1.82) is 0 Å². The molecule has 0 spiro atoms. The Kier molecular flexibility index (Phi) is 3.33. The van der Waals surface area contributed by atoms with Crippen LogP contribution in [0.4, 0.5) is 18.9 Å². The second-order valence-electron chi connectivity index (χ2n) is 4.00. The van der Waals surface area contributed by atoms with E-state index < -0.39 is 6.36 Å². The molecule has 6 heteroatoms. The normalized spacial score (nSPS) is 11.4. The van der Waals surface area contributed by atoms with Gasteiger partial charge >= 0.3 is 6.36 Å². The van der Waals surface area contributed by atoms with E-state index in [1.165, 1.54) is 24.4 Å². The number of ether oxygens (including phenoxy) is 1. The Labute approximate surface area is 107 Å². The lowest BCUT2D eigenvalue weighted by molar-refractivity contribution is -0.274. The second kappa shape index (κ2) is 4.79. The van der Waals surface area contributed by atoms with Crippen LogP contribution >= 0.6 is 0 Å². The molecule has 0 amide bonds. The summed E-state index contributed by atoms with van der Waals surface area (Å²) >= 11 is 0. The molecule has 2 N–H and O–H groups in total.